The summed E-state index contributed by atoms with van der Waals surface area (Å²) in [5.74, 6) is -1.57. The number of Topliss-reactive ketones (excluding diaryl/α,β-unsaturated/α-hetero) is 1. The predicted octanol–water partition coefficient (Wildman–Crippen LogP) is 3.99. The van der Waals surface area contributed by atoms with Crippen molar-refractivity contribution in [2.45, 2.75) is 26.8 Å². The summed E-state index contributed by atoms with van der Waals surface area (Å²) in [6.07, 6.45) is 0. The average Bonchev–Trinajstić information content (AvgIpc) is 3.05. The van der Waals surface area contributed by atoms with E-state index < -0.39 is 23.5 Å². The minimum absolute atomic E-state index is 0.00481. The van der Waals surface area contributed by atoms with E-state index in [9.17, 15) is 19.1 Å². The Morgan fingerprint density at radius 3 is 2.41 bits per heavy atom. The van der Waals surface area contributed by atoms with E-state index in [1.165, 1.54) is 29.2 Å². The van der Waals surface area contributed by atoms with E-state index in [0.29, 0.717) is 31.0 Å². The maximum Gasteiger partial charge on any atom is 0.295 e. The van der Waals surface area contributed by atoms with Gasteiger partial charge in [-0.15, -0.1) is 0 Å². The lowest BCUT2D eigenvalue weighted by Crippen LogP contribution is -2.38. The molecule has 0 spiro atoms. The van der Waals surface area contributed by atoms with Gasteiger partial charge in [-0.2, -0.15) is 0 Å². The number of aliphatic hydroxyl groups is 1. The van der Waals surface area contributed by atoms with Crippen molar-refractivity contribution < 1.29 is 23.8 Å². The molecular formula is C25H29FN2O4. The predicted molar refractivity (Wildman–Crippen MR) is 121 cm³/mol. The molecule has 0 aliphatic carbocycles. The molecule has 0 saturated carbocycles. The van der Waals surface area contributed by atoms with E-state index in [1.54, 1.807) is 24.3 Å². The Labute approximate surface area is 187 Å². The molecule has 32 heavy (non-hydrogen) atoms. The summed E-state index contributed by atoms with van der Waals surface area (Å²) in [6.45, 7) is 8.98. The average molecular weight is 441 g/mol. The van der Waals surface area contributed by atoms with Crippen LogP contribution in [0, 0.1) is 5.82 Å². The number of benzene rings is 2. The highest BCUT2D eigenvalue weighted by molar-refractivity contribution is 6.46. The lowest BCUT2D eigenvalue weighted by atomic mass is 9.95. The lowest BCUT2D eigenvalue weighted by molar-refractivity contribution is -0.140. The molecule has 1 fully saturated rings. The van der Waals surface area contributed by atoms with Gasteiger partial charge in [0.15, 0.2) is 0 Å². The molecule has 0 radical (unpaired) electrons. The van der Waals surface area contributed by atoms with Crippen LogP contribution < -0.4 is 4.74 Å². The van der Waals surface area contributed by atoms with Gasteiger partial charge in [-0.25, -0.2) is 4.39 Å². The smallest absolute Gasteiger partial charge is 0.295 e. The van der Waals surface area contributed by atoms with Crippen LogP contribution in [0.25, 0.3) is 5.76 Å². The van der Waals surface area contributed by atoms with Gasteiger partial charge in [-0.1, -0.05) is 26.0 Å². The summed E-state index contributed by atoms with van der Waals surface area (Å²) < 4.78 is 19.0. The first-order valence-electron chi connectivity index (χ1n) is 10.9. The van der Waals surface area contributed by atoms with Crippen molar-refractivity contribution in [2.75, 3.05) is 32.8 Å². The summed E-state index contributed by atoms with van der Waals surface area (Å²) in [4.78, 5) is 29.7. The van der Waals surface area contributed by atoms with Crippen molar-refractivity contribution in [3.05, 3.63) is 71.0 Å². The molecule has 1 unspecified atom stereocenters. The number of nitrogens with zero attached hydrogens (tertiary/aromatic N) is 2. The van der Waals surface area contributed by atoms with Gasteiger partial charge in [0.05, 0.1) is 18.2 Å². The standard InChI is InChI=1S/C25H29FN2O4/c1-4-27(5-2)14-15-28-22(18-8-7-9-20(16-18)32-6-3)21(24(30)25(28)31)23(29)17-10-12-19(26)13-11-17/h7-13,16,22,29H,4-6,14-15H2,1-3H3/b23-21+. The molecule has 1 aliphatic rings. The molecule has 1 heterocycles. The van der Waals surface area contributed by atoms with Gasteiger partial charge in [0, 0.05) is 18.7 Å². The van der Waals surface area contributed by atoms with E-state index >= 15 is 0 Å². The van der Waals surface area contributed by atoms with Crippen LogP contribution in [0.15, 0.2) is 54.1 Å². The van der Waals surface area contributed by atoms with E-state index in [1.807, 2.05) is 20.8 Å². The number of rotatable bonds is 9. The molecule has 6 nitrogen and oxygen atoms in total. The van der Waals surface area contributed by atoms with E-state index in [4.69, 9.17) is 4.74 Å². The second-order valence-corrected chi connectivity index (χ2v) is 7.53. The number of hydrogen-bond donors (Lipinski definition) is 1. The number of likely N-dealkylation sites (tertiary alicyclic amines) is 1. The molecule has 1 aliphatic heterocycles. The number of hydrogen-bond acceptors (Lipinski definition) is 5. The maximum absolute atomic E-state index is 13.4. The fourth-order valence-corrected chi connectivity index (χ4v) is 3.95. The fraction of sp³-hybridized carbons (Fsp3) is 0.360. The van der Waals surface area contributed by atoms with Crippen LogP contribution in [0.4, 0.5) is 4.39 Å². The second kappa shape index (κ2) is 10.4. The van der Waals surface area contributed by atoms with Gasteiger partial charge in [0.25, 0.3) is 11.7 Å². The monoisotopic (exact) mass is 440 g/mol. The molecule has 3 rings (SSSR count). The molecule has 2 aromatic rings. The summed E-state index contributed by atoms with van der Waals surface area (Å²) in [5.41, 5.74) is 0.937. The van der Waals surface area contributed by atoms with Crippen molar-refractivity contribution in [3.8, 4) is 5.75 Å². The molecule has 1 N–H and O–H groups in total. The molecule has 1 amide bonds. The molecule has 2 aromatic carbocycles. The minimum atomic E-state index is -0.768. The van der Waals surface area contributed by atoms with Gasteiger partial charge in [0.1, 0.15) is 17.3 Å². The largest absolute Gasteiger partial charge is 0.507 e. The normalized spacial score (nSPS) is 17.9. The van der Waals surface area contributed by atoms with Crippen LogP contribution in [0.1, 0.15) is 37.9 Å². The van der Waals surface area contributed by atoms with Crippen molar-refractivity contribution >= 4 is 17.4 Å². The van der Waals surface area contributed by atoms with Crippen LogP contribution in [0.5, 0.6) is 5.75 Å². The molecule has 0 aromatic heterocycles. The van der Waals surface area contributed by atoms with Crippen molar-refractivity contribution in [1.29, 1.82) is 0 Å². The van der Waals surface area contributed by atoms with Gasteiger partial charge >= 0.3 is 0 Å². The van der Waals surface area contributed by atoms with Crippen LogP contribution in [0.3, 0.4) is 0 Å². The highest BCUT2D eigenvalue weighted by Crippen LogP contribution is 2.40. The summed E-state index contributed by atoms with van der Waals surface area (Å²) in [5, 5.41) is 11.0. The Balaban J connectivity index is 2.10. The summed E-state index contributed by atoms with van der Waals surface area (Å²) >= 11 is 0. The number of halogens is 1. The van der Waals surface area contributed by atoms with Crippen LogP contribution >= 0.6 is 0 Å². The summed E-state index contributed by atoms with van der Waals surface area (Å²) in [7, 11) is 0. The van der Waals surface area contributed by atoms with E-state index in [0.717, 1.165) is 13.1 Å². The minimum Gasteiger partial charge on any atom is -0.507 e. The maximum atomic E-state index is 13.4. The molecule has 7 heteroatoms. The zero-order valence-electron chi connectivity index (χ0n) is 18.7. The number of aliphatic hydroxyl groups excluding tert-OH is 1. The highest BCUT2D eigenvalue weighted by Gasteiger charge is 2.46. The Bertz CT molecular complexity index is 999. The topological polar surface area (TPSA) is 70.1 Å². The molecule has 0 bridgehead atoms. The van der Waals surface area contributed by atoms with E-state index in [-0.39, 0.29) is 16.9 Å². The SMILES string of the molecule is CCOc1cccc(C2/C(=C(\O)c3ccc(F)cc3)C(=O)C(=O)N2CCN(CC)CC)c1. The van der Waals surface area contributed by atoms with Crippen LogP contribution in [-0.4, -0.2) is 59.4 Å². The number of amides is 1. The van der Waals surface area contributed by atoms with Gasteiger partial charge in [-0.05, 0) is 62.0 Å². The molecule has 1 saturated heterocycles. The third kappa shape index (κ3) is 4.83. The number of ketones is 1. The van der Waals surface area contributed by atoms with Crippen LogP contribution in [-0.2, 0) is 9.59 Å². The van der Waals surface area contributed by atoms with Crippen molar-refractivity contribution in [1.82, 2.24) is 9.80 Å². The summed E-state index contributed by atoms with van der Waals surface area (Å²) in [6, 6.07) is 11.6. The lowest BCUT2D eigenvalue weighted by Gasteiger charge is -2.28. The number of likely N-dealkylation sites (N-methyl/N-ethyl adjacent to an activating group) is 1. The van der Waals surface area contributed by atoms with Gasteiger partial charge < -0.3 is 19.6 Å². The second-order valence-electron chi connectivity index (χ2n) is 7.53. The molecule has 170 valence electrons. The zero-order valence-corrected chi connectivity index (χ0v) is 18.7. The third-order valence-corrected chi connectivity index (χ3v) is 5.69. The fourth-order valence-electron chi connectivity index (χ4n) is 3.95. The quantitative estimate of drug-likeness (QED) is 0.363. The van der Waals surface area contributed by atoms with Crippen molar-refractivity contribution in [2.24, 2.45) is 0 Å². The van der Waals surface area contributed by atoms with Crippen LogP contribution in [0.2, 0.25) is 0 Å². The van der Waals surface area contributed by atoms with E-state index in [2.05, 4.69) is 4.90 Å². The Kier molecular flexibility index (Phi) is 7.64. The zero-order chi connectivity index (χ0) is 23.3. The molecule has 1 atom stereocenters. The molecular weight excluding hydrogens is 411 g/mol. The Morgan fingerprint density at radius 1 is 1.09 bits per heavy atom. The number of carbonyl (C=O) groups excluding carboxylic acids is 2. The Hall–Kier alpha value is -3.19. The first-order valence-corrected chi connectivity index (χ1v) is 10.9. The third-order valence-electron chi connectivity index (χ3n) is 5.69. The van der Waals surface area contributed by atoms with Crippen molar-refractivity contribution in [3.63, 3.8) is 0 Å². The first kappa shape index (κ1) is 23.5. The number of ether oxygens (including phenoxy) is 1. The highest BCUT2D eigenvalue weighted by atomic mass is 19.1. The van der Waals surface area contributed by atoms with Gasteiger partial charge in [0.2, 0.25) is 0 Å². The Morgan fingerprint density at radius 2 is 1.78 bits per heavy atom. The number of carbonyl (C=O) groups is 2. The van der Waals surface area contributed by atoms with Gasteiger partial charge in [-0.3, -0.25) is 9.59 Å². The first-order chi connectivity index (χ1) is 15.4.